The zero-order chi connectivity index (χ0) is 18.0. The van der Waals surface area contributed by atoms with Crippen molar-refractivity contribution in [3.63, 3.8) is 0 Å². The van der Waals surface area contributed by atoms with Gasteiger partial charge in [-0.05, 0) is 47.7 Å². The highest BCUT2D eigenvalue weighted by Gasteiger charge is 2.26. The monoisotopic (exact) mass is 348 g/mol. The van der Waals surface area contributed by atoms with Crippen LogP contribution in [-0.4, -0.2) is 23.8 Å². The fourth-order valence-electron chi connectivity index (χ4n) is 2.64. The van der Waals surface area contributed by atoms with Gasteiger partial charge in [0.15, 0.2) is 5.96 Å². The lowest BCUT2D eigenvalue weighted by atomic mass is 10.0. The number of carbonyl (C=O) groups is 1. The minimum absolute atomic E-state index is 0.0422. The maximum atomic E-state index is 12.0. The lowest BCUT2D eigenvalue weighted by Gasteiger charge is -2.24. The lowest BCUT2D eigenvalue weighted by Crippen LogP contribution is -2.42. The summed E-state index contributed by atoms with van der Waals surface area (Å²) >= 11 is 1.54. The third-order valence-electron chi connectivity index (χ3n) is 3.99. The van der Waals surface area contributed by atoms with Crippen LogP contribution in [0.4, 0.5) is 0 Å². The number of carbonyl (C=O) groups excluding carboxylic acids is 1. The van der Waals surface area contributed by atoms with Gasteiger partial charge in [-0.15, -0.1) is 17.3 Å². The maximum Gasteiger partial charge on any atom is 0.231 e. The summed E-state index contributed by atoms with van der Waals surface area (Å²) in [6.07, 6.45) is 0.307. The molecule has 0 spiro atoms. The molecule has 1 aromatic heterocycles. The first kappa shape index (κ1) is 16.8. The van der Waals surface area contributed by atoms with Crippen molar-refractivity contribution in [2.24, 2.45) is 10.7 Å². The molecule has 6 heteroatoms. The topological polar surface area (TPSA) is 82.5 Å². The molecule has 5 nitrogen and oxygen atoms in total. The minimum Gasteiger partial charge on any atom is -0.369 e. The van der Waals surface area contributed by atoms with Crippen molar-refractivity contribution in [3.05, 3.63) is 45.6 Å². The van der Waals surface area contributed by atoms with E-state index in [2.05, 4.69) is 22.9 Å². The number of nitrogens with zero attached hydrogens (tertiary/aromatic N) is 3. The van der Waals surface area contributed by atoms with Gasteiger partial charge < -0.3 is 5.73 Å². The molecule has 1 aliphatic rings. The Bertz CT molecular complexity index is 971. The second-order valence-corrected chi connectivity index (χ2v) is 6.63. The Hall–Kier alpha value is -3.09. The summed E-state index contributed by atoms with van der Waals surface area (Å²) in [6, 6.07) is 9.49. The minimum atomic E-state index is -0.253. The summed E-state index contributed by atoms with van der Waals surface area (Å²) in [5.74, 6) is 6.04. The van der Waals surface area contributed by atoms with Crippen molar-refractivity contribution >= 4 is 23.2 Å². The Kier molecular flexibility index (Phi) is 4.56. The molecule has 0 saturated carbocycles. The molecule has 25 heavy (non-hydrogen) atoms. The van der Waals surface area contributed by atoms with E-state index < -0.39 is 0 Å². The summed E-state index contributed by atoms with van der Waals surface area (Å²) in [4.78, 5) is 18.7. The highest BCUT2D eigenvalue weighted by atomic mass is 32.1. The molecular formula is C19H16N4OS. The standard InChI is InChI=1S/C19H16N4OS/c1-3-4-12-5-13(10-20)7-14(6-12)15-8-17(25-11-15)16-9-18(24)23(2)19(21)22-16/h5-8,11,16H,9H2,1-2H3,(H2,21,22). The molecule has 0 radical (unpaired) electrons. The molecule has 1 unspecified atom stereocenters. The Morgan fingerprint density at radius 1 is 1.28 bits per heavy atom. The van der Waals surface area contributed by atoms with Crippen molar-refractivity contribution in [1.29, 1.82) is 5.26 Å². The van der Waals surface area contributed by atoms with Gasteiger partial charge in [-0.1, -0.05) is 5.92 Å². The third-order valence-corrected chi connectivity index (χ3v) is 5.02. The first-order valence-corrected chi connectivity index (χ1v) is 8.56. The number of aliphatic imine (C=N–C) groups is 1. The van der Waals surface area contributed by atoms with Crippen LogP contribution in [0.5, 0.6) is 0 Å². The van der Waals surface area contributed by atoms with Crippen LogP contribution in [0, 0.1) is 23.2 Å². The first-order chi connectivity index (χ1) is 12.0. The Balaban J connectivity index is 1.97. The number of amides is 1. The average molecular weight is 348 g/mol. The van der Waals surface area contributed by atoms with Gasteiger partial charge in [-0.3, -0.25) is 9.69 Å². The van der Waals surface area contributed by atoms with Crippen LogP contribution in [0.25, 0.3) is 11.1 Å². The summed E-state index contributed by atoms with van der Waals surface area (Å²) in [5, 5.41) is 11.2. The van der Waals surface area contributed by atoms with Crippen LogP contribution in [0.15, 0.2) is 34.6 Å². The molecular weight excluding hydrogens is 332 g/mol. The number of benzene rings is 1. The van der Waals surface area contributed by atoms with Crippen LogP contribution in [0.2, 0.25) is 0 Å². The zero-order valence-corrected chi connectivity index (χ0v) is 14.7. The van der Waals surface area contributed by atoms with E-state index in [9.17, 15) is 10.1 Å². The predicted molar refractivity (Wildman–Crippen MR) is 98.8 cm³/mol. The number of nitrogens with two attached hydrogens (primary N) is 1. The van der Waals surface area contributed by atoms with Crippen molar-refractivity contribution in [2.45, 2.75) is 19.4 Å². The van der Waals surface area contributed by atoms with E-state index in [0.29, 0.717) is 12.0 Å². The molecule has 0 saturated heterocycles. The molecule has 2 N–H and O–H groups in total. The molecule has 3 rings (SSSR count). The number of nitriles is 1. The first-order valence-electron chi connectivity index (χ1n) is 7.68. The Morgan fingerprint density at radius 2 is 2.04 bits per heavy atom. The number of thiophene rings is 1. The quantitative estimate of drug-likeness (QED) is 0.847. The molecule has 1 atom stereocenters. The van der Waals surface area contributed by atoms with Gasteiger partial charge in [0.25, 0.3) is 0 Å². The maximum absolute atomic E-state index is 12.0. The van der Waals surface area contributed by atoms with E-state index in [1.54, 1.807) is 20.0 Å². The van der Waals surface area contributed by atoms with Crippen LogP contribution in [0.1, 0.15) is 35.4 Å². The Labute approximate surface area is 150 Å². The smallest absolute Gasteiger partial charge is 0.231 e. The van der Waals surface area contributed by atoms with Crippen LogP contribution in [-0.2, 0) is 4.79 Å². The number of hydrogen-bond acceptors (Lipinski definition) is 5. The van der Waals surface area contributed by atoms with Crippen molar-refractivity contribution in [1.82, 2.24) is 4.90 Å². The van der Waals surface area contributed by atoms with Gasteiger partial charge in [0.1, 0.15) is 0 Å². The predicted octanol–water partition coefficient (Wildman–Crippen LogP) is 2.88. The van der Waals surface area contributed by atoms with E-state index in [4.69, 9.17) is 5.73 Å². The van der Waals surface area contributed by atoms with Gasteiger partial charge >= 0.3 is 0 Å². The van der Waals surface area contributed by atoms with Gasteiger partial charge in [0, 0.05) is 17.5 Å². The lowest BCUT2D eigenvalue weighted by molar-refractivity contribution is -0.127. The number of hydrogen-bond donors (Lipinski definition) is 1. The molecule has 1 aliphatic heterocycles. The van der Waals surface area contributed by atoms with Gasteiger partial charge in [0.05, 0.1) is 24.1 Å². The SMILES string of the molecule is CC#Cc1cc(C#N)cc(-c2csc(C3CC(=O)N(C)C(N)=N3)c2)c1. The fraction of sp³-hybridized carbons (Fsp3) is 0.211. The molecule has 0 bridgehead atoms. The van der Waals surface area contributed by atoms with Crippen LogP contribution < -0.4 is 5.73 Å². The second-order valence-electron chi connectivity index (χ2n) is 5.68. The van der Waals surface area contributed by atoms with E-state index in [1.807, 2.05) is 23.6 Å². The zero-order valence-electron chi connectivity index (χ0n) is 13.9. The normalized spacial score (nSPS) is 16.7. The molecule has 0 fully saturated rings. The Morgan fingerprint density at radius 3 is 2.72 bits per heavy atom. The largest absolute Gasteiger partial charge is 0.369 e. The molecule has 1 aromatic carbocycles. The van der Waals surface area contributed by atoms with Gasteiger partial charge in [0.2, 0.25) is 5.91 Å². The number of guanidine groups is 1. The van der Waals surface area contributed by atoms with Crippen molar-refractivity contribution in [2.75, 3.05) is 7.05 Å². The fourth-order valence-corrected chi connectivity index (χ4v) is 3.60. The average Bonchev–Trinajstić information content (AvgIpc) is 3.09. The molecule has 124 valence electrons. The van der Waals surface area contributed by atoms with E-state index in [1.165, 1.54) is 16.2 Å². The van der Waals surface area contributed by atoms with E-state index in [0.717, 1.165) is 21.6 Å². The third kappa shape index (κ3) is 3.40. The molecule has 2 heterocycles. The van der Waals surface area contributed by atoms with Crippen molar-refractivity contribution in [3.8, 4) is 29.0 Å². The summed E-state index contributed by atoms with van der Waals surface area (Å²) in [5.41, 5.74) is 9.10. The molecule has 2 aromatic rings. The van der Waals surface area contributed by atoms with E-state index >= 15 is 0 Å². The van der Waals surface area contributed by atoms with Crippen LogP contribution in [0.3, 0.4) is 0 Å². The van der Waals surface area contributed by atoms with Crippen LogP contribution >= 0.6 is 11.3 Å². The highest BCUT2D eigenvalue weighted by Crippen LogP contribution is 2.34. The highest BCUT2D eigenvalue weighted by molar-refractivity contribution is 7.10. The molecule has 1 amide bonds. The van der Waals surface area contributed by atoms with Gasteiger partial charge in [-0.2, -0.15) is 5.26 Å². The van der Waals surface area contributed by atoms with E-state index in [-0.39, 0.29) is 17.9 Å². The summed E-state index contributed by atoms with van der Waals surface area (Å²) in [6.45, 7) is 1.76. The summed E-state index contributed by atoms with van der Waals surface area (Å²) < 4.78 is 0. The second kappa shape index (κ2) is 6.80. The van der Waals surface area contributed by atoms with Gasteiger partial charge in [-0.25, -0.2) is 4.99 Å². The number of rotatable bonds is 2. The van der Waals surface area contributed by atoms with Crippen molar-refractivity contribution < 1.29 is 4.79 Å². The summed E-state index contributed by atoms with van der Waals surface area (Å²) in [7, 11) is 1.63. The molecule has 0 aliphatic carbocycles.